The van der Waals surface area contributed by atoms with Crippen molar-refractivity contribution in [3.05, 3.63) is 35.1 Å². The maximum absolute atomic E-state index is 14.8. The number of hydrogen-bond donors (Lipinski definition) is 1. The van der Waals surface area contributed by atoms with Crippen molar-refractivity contribution in [1.82, 2.24) is 5.32 Å². The summed E-state index contributed by atoms with van der Waals surface area (Å²) in [6.45, 7) is 5.22. The summed E-state index contributed by atoms with van der Waals surface area (Å²) in [4.78, 5) is 0. The van der Waals surface area contributed by atoms with Crippen LogP contribution in [-0.2, 0) is 10.4 Å². The van der Waals surface area contributed by atoms with Gasteiger partial charge in [0.1, 0.15) is 11.5 Å². The summed E-state index contributed by atoms with van der Waals surface area (Å²) in [5, 5.41) is 3.22. The van der Waals surface area contributed by atoms with E-state index < -0.39 is 11.5 Å². The van der Waals surface area contributed by atoms with E-state index in [4.69, 9.17) is 4.74 Å². The van der Waals surface area contributed by atoms with Gasteiger partial charge in [0.25, 0.3) is 0 Å². The zero-order valence-electron chi connectivity index (χ0n) is 10.8. The van der Waals surface area contributed by atoms with E-state index in [0.717, 1.165) is 12.1 Å². The average Bonchev–Trinajstić information content (AvgIpc) is 2.33. The summed E-state index contributed by atoms with van der Waals surface area (Å²) in [5.41, 5.74) is -0.349. The Kier molecular flexibility index (Phi) is 3.97. The van der Waals surface area contributed by atoms with Crippen molar-refractivity contribution < 1.29 is 13.5 Å². The van der Waals surface area contributed by atoms with E-state index in [9.17, 15) is 8.78 Å². The van der Waals surface area contributed by atoms with E-state index in [0.29, 0.717) is 18.8 Å². The van der Waals surface area contributed by atoms with Gasteiger partial charge in [0.15, 0.2) is 0 Å². The van der Waals surface area contributed by atoms with Gasteiger partial charge in [-0.2, -0.15) is 0 Å². The van der Waals surface area contributed by atoms with Crippen molar-refractivity contribution in [3.63, 3.8) is 0 Å². The fourth-order valence-electron chi connectivity index (χ4n) is 2.48. The Labute approximate surface area is 106 Å². The SMILES string of the molecule is Cc1ccc(F)cc1C(C)(F)CC1COCCN1. The lowest BCUT2D eigenvalue weighted by Gasteiger charge is -2.31. The number of morpholine rings is 1. The normalized spacial score (nSPS) is 23.7. The van der Waals surface area contributed by atoms with Crippen molar-refractivity contribution in [2.75, 3.05) is 19.8 Å². The quantitative estimate of drug-likeness (QED) is 0.896. The fourth-order valence-corrected chi connectivity index (χ4v) is 2.48. The van der Waals surface area contributed by atoms with Gasteiger partial charge in [0.05, 0.1) is 13.2 Å². The Hall–Kier alpha value is -1.00. The van der Waals surface area contributed by atoms with E-state index in [1.54, 1.807) is 13.0 Å². The molecule has 0 spiro atoms. The first kappa shape index (κ1) is 13.4. The molecular formula is C14H19F2NO. The molecule has 0 aromatic heterocycles. The zero-order chi connectivity index (χ0) is 13.2. The summed E-state index contributed by atoms with van der Waals surface area (Å²) in [7, 11) is 0. The molecule has 1 aromatic carbocycles. The van der Waals surface area contributed by atoms with Crippen molar-refractivity contribution in [2.45, 2.75) is 32.0 Å². The minimum Gasteiger partial charge on any atom is -0.379 e. The molecule has 0 amide bonds. The van der Waals surface area contributed by atoms with Crippen LogP contribution in [0.15, 0.2) is 18.2 Å². The molecule has 1 heterocycles. The molecule has 0 saturated carbocycles. The van der Waals surface area contributed by atoms with E-state index in [-0.39, 0.29) is 12.5 Å². The molecule has 1 aliphatic rings. The molecule has 0 bridgehead atoms. The van der Waals surface area contributed by atoms with Crippen LogP contribution in [0.2, 0.25) is 0 Å². The predicted octanol–water partition coefficient (Wildman–Crippen LogP) is 2.70. The second-order valence-electron chi connectivity index (χ2n) is 5.09. The van der Waals surface area contributed by atoms with Crippen molar-refractivity contribution in [3.8, 4) is 0 Å². The van der Waals surface area contributed by atoms with Gasteiger partial charge in [0.2, 0.25) is 0 Å². The molecule has 1 saturated heterocycles. The third-order valence-electron chi connectivity index (χ3n) is 3.39. The van der Waals surface area contributed by atoms with Gasteiger partial charge in [-0.15, -0.1) is 0 Å². The maximum Gasteiger partial charge on any atom is 0.135 e. The van der Waals surface area contributed by atoms with Crippen LogP contribution in [0.3, 0.4) is 0 Å². The summed E-state index contributed by atoms with van der Waals surface area (Å²) in [5.74, 6) is -0.396. The summed E-state index contributed by atoms with van der Waals surface area (Å²) >= 11 is 0. The highest BCUT2D eigenvalue weighted by atomic mass is 19.1. The number of halogens is 2. The molecule has 18 heavy (non-hydrogen) atoms. The third-order valence-corrected chi connectivity index (χ3v) is 3.39. The lowest BCUT2D eigenvalue weighted by Crippen LogP contribution is -2.44. The smallest absolute Gasteiger partial charge is 0.135 e. The number of nitrogens with one attached hydrogen (secondary N) is 1. The van der Waals surface area contributed by atoms with E-state index >= 15 is 0 Å². The topological polar surface area (TPSA) is 21.3 Å². The Balaban J connectivity index is 2.15. The molecule has 4 heteroatoms. The molecule has 0 aliphatic carbocycles. The molecule has 1 fully saturated rings. The molecule has 1 aliphatic heterocycles. The highest BCUT2D eigenvalue weighted by Gasteiger charge is 2.32. The van der Waals surface area contributed by atoms with Crippen LogP contribution >= 0.6 is 0 Å². The Morgan fingerprint density at radius 1 is 1.50 bits per heavy atom. The minimum absolute atomic E-state index is 0.0172. The molecule has 2 rings (SSSR count). The number of rotatable bonds is 3. The first-order chi connectivity index (χ1) is 8.49. The molecule has 1 aromatic rings. The Morgan fingerprint density at radius 3 is 2.94 bits per heavy atom. The molecule has 1 N–H and O–H groups in total. The largest absolute Gasteiger partial charge is 0.379 e. The van der Waals surface area contributed by atoms with Crippen LogP contribution in [0.1, 0.15) is 24.5 Å². The third kappa shape index (κ3) is 3.06. The number of alkyl halides is 1. The van der Waals surface area contributed by atoms with E-state index in [1.165, 1.54) is 19.1 Å². The molecule has 100 valence electrons. The molecular weight excluding hydrogens is 236 g/mol. The van der Waals surface area contributed by atoms with Gasteiger partial charge in [-0.1, -0.05) is 6.07 Å². The zero-order valence-corrected chi connectivity index (χ0v) is 10.8. The molecule has 2 unspecified atom stereocenters. The van der Waals surface area contributed by atoms with E-state index in [1.807, 2.05) is 0 Å². The average molecular weight is 255 g/mol. The van der Waals surface area contributed by atoms with Crippen LogP contribution in [0.25, 0.3) is 0 Å². The Bertz CT molecular complexity index is 414. The standard InChI is InChI=1S/C14H19F2NO/c1-10-3-4-11(15)7-13(10)14(2,16)8-12-9-18-6-5-17-12/h3-4,7,12,17H,5-6,8-9H2,1-2H3. The number of ether oxygens (including phenoxy) is 1. The first-order valence-electron chi connectivity index (χ1n) is 6.26. The van der Waals surface area contributed by atoms with Gasteiger partial charge in [-0.25, -0.2) is 8.78 Å². The van der Waals surface area contributed by atoms with Crippen LogP contribution in [0.5, 0.6) is 0 Å². The number of benzene rings is 1. The second kappa shape index (κ2) is 5.33. The van der Waals surface area contributed by atoms with Crippen LogP contribution in [0.4, 0.5) is 8.78 Å². The molecule has 2 nitrogen and oxygen atoms in total. The predicted molar refractivity (Wildman–Crippen MR) is 66.8 cm³/mol. The fraction of sp³-hybridized carbons (Fsp3) is 0.571. The van der Waals surface area contributed by atoms with Crippen molar-refractivity contribution in [1.29, 1.82) is 0 Å². The lowest BCUT2D eigenvalue weighted by atomic mass is 9.88. The Morgan fingerprint density at radius 2 is 2.28 bits per heavy atom. The maximum atomic E-state index is 14.8. The second-order valence-corrected chi connectivity index (χ2v) is 5.09. The summed E-state index contributed by atoms with van der Waals surface area (Å²) in [6.07, 6.45) is 0.289. The van der Waals surface area contributed by atoms with Crippen LogP contribution < -0.4 is 5.32 Å². The number of hydrogen-bond acceptors (Lipinski definition) is 2. The van der Waals surface area contributed by atoms with Crippen LogP contribution in [-0.4, -0.2) is 25.8 Å². The number of aryl methyl sites for hydroxylation is 1. The van der Waals surface area contributed by atoms with E-state index in [2.05, 4.69) is 5.32 Å². The summed E-state index contributed by atoms with van der Waals surface area (Å²) < 4.78 is 33.3. The summed E-state index contributed by atoms with van der Waals surface area (Å²) in [6, 6.07) is 4.25. The van der Waals surface area contributed by atoms with Gasteiger partial charge < -0.3 is 10.1 Å². The monoisotopic (exact) mass is 255 g/mol. The van der Waals surface area contributed by atoms with Gasteiger partial charge in [-0.05, 0) is 37.1 Å². The van der Waals surface area contributed by atoms with Crippen LogP contribution in [0, 0.1) is 12.7 Å². The van der Waals surface area contributed by atoms with Gasteiger partial charge >= 0.3 is 0 Å². The highest BCUT2D eigenvalue weighted by molar-refractivity contribution is 5.31. The first-order valence-corrected chi connectivity index (χ1v) is 6.26. The lowest BCUT2D eigenvalue weighted by molar-refractivity contribution is 0.0472. The minimum atomic E-state index is -1.55. The highest BCUT2D eigenvalue weighted by Crippen LogP contribution is 2.33. The molecule has 0 radical (unpaired) electrons. The van der Waals surface area contributed by atoms with Gasteiger partial charge in [-0.3, -0.25) is 0 Å². The van der Waals surface area contributed by atoms with Gasteiger partial charge in [0, 0.05) is 19.0 Å². The molecule has 2 atom stereocenters. The van der Waals surface area contributed by atoms with Crippen molar-refractivity contribution >= 4 is 0 Å². The van der Waals surface area contributed by atoms with Crippen molar-refractivity contribution in [2.24, 2.45) is 0 Å².